The molecule has 58 valence electrons. The highest BCUT2D eigenvalue weighted by molar-refractivity contribution is 8.00. The van der Waals surface area contributed by atoms with Crippen molar-refractivity contribution in [3.05, 3.63) is 12.2 Å². The SMILES string of the molecule is C=C(COC)C1(O)CSC1. The largest absolute Gasteiger partial charge is 0.384 e. The molecule has 1 heterocycles. The number of methoxy groups -OCH3 is 1. The van der Waals surface area contributed by atoms with Gasteiger partial charge in [-0.1, -0.05) is 6.58 Å². The highest BCUT2D eigenvalue weighted by atomic mass is 32.2. The second-order valence-electron chi connectivity index (χ2n) is 2.56. The molecule has 10 heavy (non-hydrogen) atoms. The van der Waals surface area contributed by atoms with Crippen molar-refractivity contribution < 1.29 is 9.84 Å². The van der Waals surface area contributed by atoms with E-state index in [0.29, 0.717) is 6.61 Å². The van der Waals surface area contributed by atoms with E-state index in [2.05, 4.69) is 6.58 Å². The van der Waals surface area contributed by atoms with Crippen molar-refractivity contribution >= 4 is 11.8 Å². The van der Waals surface area contributed by atoms with Crippen LogP contribution in [0.3, 0.4) is 0 Å². The zero-order chi connectivity index (χ0) is 7.61. The van der Waals surface area contributed by atoms with E-state index in [1.54, 1.807) is 18.9 Å². The average Bonchev–Trinajstić information content (AvgIpc) is 1.83. The van der Waals surface area contributed by atoms with E-state index in [0.717, 1.165) is 17.1 Å². The van der Waals surface area contributed by atoms with Crippen LogP contribution in [0.2, 0.25) is 0 Å². The van der Waals surface area contributed by atoms with Gasteiger partial charge in [-0.05, 0) is 5.57 Å². The smallest absolute Gasteiger partial charge is 0.106 e. The standard InChI is InChI=1S/C7H12O2S/c1-6(3-9-2)7(8)4-10-5-7/h8H,1,3-5H2,2H3. The Balaban J connectivity index is 2.39. The van der Waals surface area contributed by atoms with Gasteiger partial charge in [-0.25, -0.2) is 0 Å². The highest BCUT2D eigenvalue weighted by Gasteiger charge is 2.37. The molecule has 2 nitrogen and oxygen atoms in total. The minimum atomic E-state index is -0.624. The Morgan fingerprint density at radius 2 is 2.40 bits per heavy atom. The van der Waals surface area contributed by atoms with Crippen molar-refractivity contribution in [1.29, 1.82) is 0 Å². The summed E-state index contributed by atoms with van der Waals surface area (Å²) < 4.78 is 4.86. The Bertz CT molecular complexity index is 141. The molecule has 0 bridgehead atoms. The third kappa shape index (κ3) is 1.36. The van der Waals surface area contributed by atoms with Gasteiger partial charge in [0, 0.05) is 18.6 Å². The number of hydrogen-bond donors (Lipinski definition) is 1. The monoisotopic (exact) mass is 160 g/mol. The van der Waals surface area contributed by atoms with E-state index in [9.17, 15) is 5.11 Å². The predicted molar refractivity (Wildman–Crippen MR) is 43.3 cm³/mol. The second kappa shape index (κ2) is 2.95. The summed E-state index contributed by atoms with van der Waals surface area (Å²) in [6.45, 7) is 4.22. The number of ether oxygens (including phenoxy) is 1. The van der Waals surface area contributed by atoms with Crippen molar-refractivity contribution in [2.75, 3.05) is 25.2 Å². The molecule has 0 aromatic carbocycles. The predicted octanol–water partition coefficient (Wildman–Crippen LogP) is 0.667. The van der Waals surface area contributed by atoms with Gasteiger partial charge in [-0.15, -0.1) is 0 Å². The van der Waals surface area contributed by atoms with Gasteiger partial charge in [-0.2, -0.15) is 11.8 Å². The third-order valence-corrected chi connectivity index (χ3v) is 3.02. The van der Waals surface area contributed by atoms with Gasteiger partial charge < -0.3 is 9.84 Å². The van der Waals surface area contributed by atoms with Gasteiger partial charge in [0.1, 0.15) is 5.60 Å². The summed E-state index contributed by atoms with van der Waals surface area (Å²) >= 11 is 1.73. The molecule has 1 rings (SSSR count). The molecule has 0 unspecified atom stereocenters. The summed E-state index contributed by atoms with van der Waals surface area (Å²) in [5.41, 5.74) is 0.175. The molecule has 0 saturated carbocycles. The first-order valence-electron chi connectivity index (χ1n) is 3.16. The van der Waals surface area contributed by atoms with Gasteiger partial charge in [0.25, 0.3) is 0 Å². The average molecular weight is 160 g/mol. The maximum Gasteiger partial charge on any atom is 0.106 e. The van der Waals surface area contributed by atoms with Crippen molar-refractivity contribution in [3.63, 3.8) is 0 Å². The van der Waals surface area contributed by atoms with Crippen LogP contribution < -0.4 is 0 Å². The summed E-state index contributed by atoms with van der Waals surface area (Å²) in [5.74, 6) is 1.55. The Hall–Kier alpha value is 0.0100. The molecule has 0 amide bonds. The third-order valence-electron chi connectivity index (χ3n) is 1.66. The summed E-state index contributed by atoms with van der Waals surface area (Å²) in [5, 5.41) is 9.61. The maximum atomic E-state index is 9.61. The zero-order valence-corrected chi connectivity index (χ0v) is 6.91. The number of rotatable bonds is 3. The van der Waals surface area contributed by atoms with Crippen LogP contribution in [0.15, 0.2) is 12.2 Å². The molecule has 0 aromatic rings. The Morgan fingerprint density at radius 3 is 2.70 bits per heavy atom. The molecule has 1 aliphatic rings. The molecule has 1 saturated heterocycles. The lowest BCUT2D eigenvalue weighted by Gasteiger charge is -2.37. The lowest BCUT2D eigenvalue weighted by molar-refractivity contribution is 0.0944. The van der Waals surface area contributed by atoms with Gasteiger partial charge in [0.2, 0.25) is 0 Å². The molecule has 1 N–H and O–H groups in total. The Labute approximate surface area is 65.3 Å². The van der Waals surface area contributed by atoms with Crippen LogP contribution in [-0.2, 0) is 4.74 Å². The van der Waals surface area contributed by atoms with Crippen LogP contribution in [0, 0.1) is 0 Å². The fraction of sp³-hybridized carbons (Fsp3) is 0.714. The minimum absolute atomic E-state index is 0.469. The summed E-state index contributed by atoms with van der Waals surface area (Å²) in [4.78, 5) is 0. The molecule has 1 aliphatic heterocycles. The first kappa shape index (κ1) is 8.11. The van der Waals surface area contributed by atoms with Crippen molar-refractivity contribution in [2.24, 2.45) is 0 Å². The molecule has 3 heteroatoms. The lowest BCUT2D eigenvalue weighted by Crippen LogP contribution is -2.45. The van der Waals surface area contributed by atoms with Gasteiger partial charge >= 0.3 is 0 Å². The molecular weight excluding hydrogens is 148 g/mol. The van der Waals surface area contributed by atoms with Crippen LogP contribution in [0.1, 0.15) is 0 Å². The fourth-order valence-corrected chi connectivity index (χ4v) is 1.81. The Morgan fingerprint density at radius 1 is 1.80 bits per heavy atom. The van der Waals surface area contributed by atoms with Crippen LogP contribution in [-0.4, -0.2) is 35.9 Å². The molecule has 0 aromatic heterocycles. The van der Waals surface area contributed by atoms with E-state index in [1.807, 2.05) is 0 Å². The summed E-state index contributed by atoms with van der Waals surface area (Å²) in [7, 11) is 1.61. The number of aliphatic hydroxyl groups is 1. The van der Waals surface area contributed by atoms with E-state index < -0.39 is 5.60 Å². The first-order chi connectivity index (χ1) is 4.69. The number of thioether (sulfide) groups is 1. The number of hydrogen-bond acceptors (Lipinski definition) is 3. The van der Waals surface area contributed by atoms with E-state index >= 15 is 0 Å². The molecule has 0 aliphatic carbocycles. The van der Waals surface area contributed by atoms with Crippen molar-refractivity contribution in [1.82, 2.24) is 0 Å². The molecule has 0 spiro atoms. The molecule has 1 fully saturated rings. The van der Waals surface area contributed by atoms with E-state index in [1.165, 1.54) is 0 Å². The van der Waals surface area contributed by atoms with E-state index in [-0.39, 0.29) is 0 Å². The second-order valence-corrected chi connectivity index (χ2v) is 3.55. The fourth-order valence-electron chi connectivity index (χ4n) is 0.808. The van der Waals surface area contributed by atoms with Crippen LogP contribution in [0.4, 0.5) is 0 Å². The van der Waals surface area contributed by atoms with Crippen molar-refractivity contribution in [2.45, 2.75) is 5.60 Å². The van der Waals surface area contributed by atoms with Crippen LogP contribution >= 0.6 is 11.8 Å². The highest BCUT2D eigenvalue weighted by Crippen LogP contribution is 2.34. The topological polar surface area (TPSA) is 29.5 Å². The summed E-state index contributed by atoms with van der Waals surface area (Å²) in [6, 6.07) is 0. The minimum Gasteiger partial charge on any atom is -0.384 e. The first-order valence-corrected chi connectivity index (χ1v) is 4.32. The summed E-state index contributed by atoms with van der Waals surface area (Å²) in [6.07, 6.45) is 0. The molecule has 0 atom stereocenters. The van der Waals surface area contributed by atoms with Crippen LogP contribution in [0.25, 0.3) is 0 Å². The Kier molecular flexibility index (Phi) is 2.39. The normalized spacial score (nSPS) is 21.8. The molecule has 0 radical (unpaired) electrons. The van der Waals surface area contributed by atoms with Gasteiger partial charge in [-0.3, -0.25) is 0 Å². The van der Waals surface area contributed by atoms with Gasteiger partial charge in [0.15, 0.2) is 0 Å². The lowest BCUT2D eigenvalue weighted by atomic mass is 9.99. The van der Waals surface area contributed by atoms with Gasteiger partial charge in [0.05, 0.1) is 6.61 Å². The van der Waals surface area contributed by atoms with Crippen molar-refractivity contribution in [3.8, 4) is 0 Å². The maximum absolute atomic E-state index is 9.61. The van der Waals surface area contributed by atoms with Crippen LogP contribution in [0.5, 0.6) is 0 Å². The molecular formula is C7H12O2S. The van der Waals surface area contributed by atoms with E-state index in [4.69, 9.17) is 4.74 Å². The quantitative estimate of drug-likeness (QED) is 0.615. The zero-order valence-electron chi connectivity index (χ0n) is 6.09.